The molecular weight excluding hydrogens is 220 g/mol. The normalized spacial score (nSPS) is 15.4. The zero-order valence-electron chi connectivity index (χ0n) is 12.6. The minimum absolute atomic E-state index is 0.224. The first-order chi connectivity index (χ1) is 8.42. The molecule has 0 aliphatic rings. The molecule has 1 atom stereocenters. The van der Waals surface area contributed by atoms with Crippen molar-refractivity contribution in [1.82, 2.24) is 0 Å². The molecule has 0 N–H and O–H groups in total. The van der Waals surface area contributed by atoms with Crippen LogP contribution in [0.5, 0.6) is 0 Å². The Labute approximate surface area is 113 Å². The van der Waals surface area contributed by atoms with Gasteiger partial charge in [0.15, 0.2) is 0 Å². The number of hydrogen-bond acceptors (Lipinski definition) is 1. The Bertz CT molecular complexity index is 336. The second-order valence-corrected chi connectivity index (χ2v) is 6.40. The van der Waals surface area contributed by atoms with Crippen LogP contribution in [0.25, 0.3) is 0 Å². The number of hydrogen-bond donors (Lipinski definition) is 0. The summed E-state index contributed by atoms with van der Waals surface area (Å²) in [6.45, 7) is 10.3. The van der Waals surface area contributed by atoms with Crippen LogP contribution in [0.1, 0.15) is 52.5 Å². The highest BCUT2D eigenvalue weighted by molar-refractivity contribution is 5.26. The maximum absolute atomic E-state index is 5.15. The smallest absolute Gasteiger partial charge is 0.0462 e. The summed E-state index contributed by atoms with van der Waals surface area (Å²) >= 11 is 0. The van der Waals surface area contributed by atoms with Crippen LogP contribution < -0.4 is 0 Å². The Kier molecular flexibility index (Phi) is 5.40. The molecule has 1 rings (SSSR count). The van der Waals surface area contributed by atoms with E-state index in [1.807, 2.05) is 0 Å². The highest BCUT2D eigenvalue weighted by Gasteiger charge is 2.38. The average Bonchev–Trinajstić information content (AvgIpc) is 2.34. The van der Waals surface area contributed by atoms with Gasteiger partial charge in [-0.25, -0.2) is 0 Å². The van der Waals surface area contributed by atoms with E-state index in [9.17, 15) is 0 Å². The molecule has 1 nitrogen and oxygen atoms in total. The fourth-order valence-electron chi connectivity index (χ4n) is 2.48. The Hall–Kier alpha value is -0.820. The summed E-state index contributed by atoms with van der Waals surface area (Å²) in [6, 6.07) is 10.9. The first kappa shape index (κ1) is 15.2. The highest BCUT2D eigenvalue weighted by Crippen LogP contribution is 2.44. The van der Waals surface area contributed by atoms with Gasteiger partial charge in [0, 0.05) is 13.7 Å². The molecule has 18 heavy (non-hydrogen) atoms. The molecule has 0 fully saturated rings. The van der Waals surface area contributed by atoms with Crippen LogP contribution in [0, 0.1) is 5.41 Å². The standard InChI is InChI=1S/C17H28O/c1-16(2,3)17(4,13-9-10-14-18-5)15-11-7-6-8-12-15/h6-8,11-12H,9-10,13-14H2,1-5H3/t17-/m1/s1. The predicted molar refractivity (Wildman–Crippen MR) is 79.0 cm³/mol. The SMILES string of the molecule is COCCCC[C@](C)(c1ccccc1)C(C)(C)C. The Morgan fingerprint density at radius 2 is 1.56 bits per heavy atom. The van der Waals surface area contributed by atoms with Gasteiger partial charge in [0.25, 0.3) is 0 Å². The first-order valence-electron chi connectivity index (χ1n) is 6.96. The van der Waals surface area contributed by atoms with E-state index >= 15 is 0 Å². The quantitative estimate of drug-likeness (QED) is 0.657. The van der Waals surface area contributed by atoms with Gasteiger partial charge in [0.1, 0.15) is 0 Å². The second kappa shape index (κ2) is 6.38. The summed E-state index contributed by atoms with van der Waals surface area (Å²) in [7, 11) is 1.78. The fraction of sp³-hybridized carbons (Fsp3) is 0.647. The van der Waals surface area contributed by atoms with Gasteiger partial charge in [-0.15, -0.1) is 0 Å². The molecule has 0 saturated heterocycles. The van der Waals surface area contributed by atoms with Crippen molar-refractivity contribution in [3.63, 3.8) is 0 Å². The molecule has 1 aromatic rings. The van der Waals surface area contributed by atoms with Gasteiger partial charge in [-0.05, 0) is 29.2 Å². The largest absolute Gasteiger partial charge is 0.385 e. The molecule has 0 amide bonds. The van der Waals surface area contributed by atoms with Crippen molar-refractivity contribution in [2.75, 3.05) is 13.7 Å². The van der Waals surface area contributed by atoms with Crippen molar-refractivity contribution in [2.24, 2.45) is 5.41 Å². The summed E-state index contributed by atoms with van der Waals surface area (Å²) in [4.78, 5) is 0. The van der Waals surface area contributed by atoms with E-state index in [-0.39, 0.29) is 10.8 Å². The van der Waals surface area contributed by atoms with E-state index in [2.05, 4.69) is 58.0 Å². The Morgan fingerprint density at radius 3 is 2.06 bits per heavy atom. The van der Waals surface area contributed by atoms with Crippen molar-refractivity contribution < 1.29 is 4.74 Å². The van der Waals surface area contributed by atoms with Crippen molar-refractivity contribution in [2.45, 2.75) is 52.4 Å². The van der Waals surface area contributed by atoms with Gasteiger partial charge in [-0.3, -0.25) is 0 Å². The minimum atomic E-state index is 0.224. The van der Waals surface area contributed by atoms with E-state index in [4.69, 9.17) is 4.74 Å². The average molecular weight is 248 g/mol. The molecule has 0 saturated carbocycles. The maximum Gasteiger partial charge on any atom is 0.0462 e. The van der Waals surface area contributed by atoms with Crippen LogP contribution in [0.4, 0.5) is 0 Å². The van der Waals surface area contributed by atoms with Gasteiger partial charge in [-0.2, -0.15) is 0 Å². The lowest BCUT2D eigenvalue weighted by Gasteiger charge is -2.43. The van der Waals surface area contributed by atoms with Crippen molar-refractivity contribution in [1.29, 1.82) is 0 Å². The van der Waals surface area contributed by atoms with Crippen LogP contribution in [0.3, 0.4) is 0 Å². The zero-order chi connectivity index (χ0) is 13.6. The predicted octanol–water partition coefficient (Wildman–Crippen LogP) is 4.81. The summed E-state index contributed by atoms with van der Waals surface area (Å²) in [6.07, 6.45) is 3.58. The lowest BCUT2D eigenvalue weighted by atomic mass is 9.61. The third kappa shape index (κ3) is 3.58. The molecule has 1 aromatic carbocycles. The Balaban J connectivity index is 2.84. The van der Waals surface area contributed by atoms with Crippen LogP contribution in [0.15, 0.2) is 30.3 Å². The van der Waals surface area contributed by atoms with Crippen LogP contribution in [-0.4, -0.2) is 13.7 Å². The van der Waals surface area contributed by atoms with Gasteiger partial charge in [0.2, 0.25) is 0 Å². The van der Waals surface area contributed by atoms with Crippen molar-refractivity contribution in [3.8, 4) is 0 Å². The highest BCUT2D eigenvalue weighted by atomic mass is 16.5. The number of benzene rings is 1. The van der Waals surface area contributed by atoms with Gasteiger partial charge in [0.05, 0.1) is 0 Å². The third-order valence-electron chi connectivity index (χ3n) is 4.34. The molecular formula is C17H28O. The molecule has 0 aromatic heterocycles. The van der Waals surface area contributed by atoms with Crippen molar-refractivity contribution in [3.05, 3.63) is 35.9 Å². The lowest BCUT2D eigenvalue weighted by Crippen LogP contribution is -2.37. The number of ether oxygens (including phenoxy) is 1. The monoisotopic (exact) mass is 248 g/mol. The van der Waals surface area contributed by atoms with Crippen molar-refractivity contribution >= 4 is 0 Å². The molecule has 102 valence electrons. The van der Waals surface area contributed by atoms with E-state index in [1.165, 1.54) is 18.4 Å². The summed E-state index contributed by atoms with van der Waals surface area (Å²) < 4.78 is 5.15. The minimum Gasteiger partial charge on any atom is -0.385 e. The molecule has 0 aliphatic carbocycles. The number of methoxy groups -OCH3 is 1. The van der Waals surface area contributed by atoms with Crippen LogP contribution >= 0.6 is 0 Å². The lowest BCUT2D eigenvalue weighted by molar-refractivity contribution is 0.162. The van der Waals surface area contributed by atoms with E-state index in [0.29, 0.717) is 0 Å². The fourth-order valence-corrected chi connectivity index (χ4v) is 2.48. The molecule has 0 unspecified atom stereocenters. The van der Waals surface area contributed by atoms with Crippen LogP contribution in [-0.2, 0) is 10.2 Å². The van der Waals surface area contributed by atoms with Gasteiger partial charge >= 0.3 is 0 Å². The van der Waals surface area contributed by atoms with Gasteiger partial charge in [-0.1, -0.05) is 64.4 Å². The number of rotatable bonds is 6. The van der Waals surface area contributed by atoms with E-state index in [0.717, 1.165) is 13.0 Å². The first-order valence-corrected chi connectivity index (χ1v) is 6.96. The topological polar surface area (TPSA) is 9.23 Å². The molecule has 0 radical (unpaired) electrons. The Morgan fingerprint density at radius 1 is 0.944 bits per heavy atom. The van der Waals surface area contributed by atoms with Gasteiger partial charge < -0.3 is 4.74 Å². The third-order valence-corrected chi connectivity index (χ3v) is 4.34. The van der Waals surface area contributed by atoms with E-state index < -0.39 is 0 Å². The molecule has 0 aliphatic heterocycles. The zero-order valence-corrected chi connectivity index (χ0v) is 12.6. The summed E-state index contributed by atoms with van der Waals surface area (Å²) in [5, 5.41) is 0. The molecule has 1 heteroatoms. The summed E-state index contributed by atoms with van der Waals surface area (Å²) in [5.74, 6) is 0. The molecule has 0 bridgehead atoms. The van der Waals surface area contributed by atoms with E-state index in [1.54, 1.807) is 7.11 Å². The molecule has 0 heterocycles. The number of unbranched alkanes of at least 4 members (excludes halogenated alkanes) is 1. The van der Waals surface area contributed by atoms with Crippen LogP contribution in [0.2, 0.25) is 0 Å². The maximum atomic E-state index is 5.15. The second-order valence-electron chi connectivity index (χ2n) is 6.40. The summed E-state index contributed by atoms with van der Waals surface area (Å²) in [5.41, 5.74) is 1.94. The molecule has 0 spiro atoms.